The van der Waals surface area contributed by atoms with Crippen LogP contribution in [0.1, 0.15) is 40.5 Å². The van der Waals surface area contributed by atoms with Gasteiger partial charge in [-0.2, -0.15) is 0 Å². The Kier molecular flexibility index (Phi) is 4.37. The molecule has 3 aliphatic rings. The largest absolute Gasteiger partial charge is 0.352 e. The van der Waals surface area contributed by atoms with Gasteiger partial charge in [0.05, 0.1) is 31.5 Å². The summed E-state index contributed by atoms with van der Waals surface area (Å²) in [5.74, 6) is 0.0840. The van der Waals surface area contributed by atoms with Gasteiger partial charge in [0.15, 0.2) is 12.5 Å². The van der Waals surface area contributed by atoms with E-state index in [0.717, 1.165) is 18.6 Å². The molecule has 2 fully saturated rings. The lowest BCUT2D eigenvalue weighted by Crippen LogP contribution is -2.48. The molecule has 5 heteroatoms. The maximum atomic E-state index is 6.17. The number of hydrogen-bond acceptors (Lipinski definition) is 5. The van der Waals surface area contributed by atoms with E-state index in [1.54, 1.807) is 0 Å². The summed E-state index contributed by atoms with van der Waals surface area (Å²) in [7, 11) is 0. The van der Waals surface area contributed by atoms with Crippen molar-refractivity contribution in [3.8, 4) is 0 Å². The maximum Gasteiger partial charge on any atom is 0.215 e. The number of unbranched alkanes of at least 4 members (excludes halogenated alkanes) is 1. The van der Waals surface area contributed by atoms with E-state index in [2.05, 4.69) is 25.8 Å². The van der Waals surface area contributed by atoms with E-state index in [4.69, 9.17) is 18.9 Å². The smallest absolute Gasteiger partial charge is 0.215 e. The Hall–Kier alpha value is -0.490. The molecular weight excluding hydrogens is 270 g/mol. The molecule has 3 aliphatic heterocycles. The van der Waals surface area contributed by atoms with Crippen LogP contribution < -0.4 is 0 Å². The first-order chi connectivity index (χ1) is 10.1. The van der Waals surface area contributed by atoms with E-state index in [9.17, 15) is 0 Å². The van der Waals surface area contributed by atoms with Crippen molar-refractivity contribution in [2.75, 3.05) is 19.8 Å². The first-order valence-corrected chi connectivity index (χ1v) is 8.18. The molecule has 0 amide bonds. The molecule has 0 aliphatic carbocycles. The second-order valence-corrected chi connectivity index (χ2v) is 6.64. The molecule has 3 rings (SSSR count). The third-order valence-corrected chi connectivity index (χ3v) is 4.74. The fourth-order valence-electron chi connectivity index (χ4n) is 3.47. The van der Waals surface area contributed by atoms with Crippen molar-refractivity contribution in [3.05, 3.63) is 0 Å². The molecule has 5 unspecified atom stereocenters. The zero-order valence-corrected chi connectivity index (χ0v) is 13.5. The molecule has 3 heterocycles. The Bertz CT molecular complexity index is 411. The van der Waals surface area contributed by atoms with Crippen LogP contribution in [0, 0.1) is 17.8 Å². The molecule has 0 radical (unpaired) electrons. The van der Waals surface area contributed by atoms with E-state index in [-0.39, 0.29) is 24.4 Å². The molecule has 0 saturated carbocycles. The summed E-state index contributed by atoms with van der Waals surface area (Å²) in [6.07, 6.45) is 1.87. The quantitative estimate of drug-likeness (QED) is 0.732. The van der Waals surface area contributed by atoms with Crippen LogP contribution in [0.3, 0.4) is 0 Å². The molecule has 0 aromatic rings. The van der Waals surface area contributed by atoms with Crippen molar-refractivity contribution in [1.82, 2.24) is 0 Å². The summed E-state index contributed by atoms with van der Waals surface area (Å²) in [5.41, 5.74) is 0.955. The lowest BCUT2D eigenvalue weighted by molar-refractivity contribution is -0.209. The molecule has 21 heavy (non-hydrogen) atoms. The third-order valence-electron chi connectivity index (χ3n) is 4.74. The van der Waals surface area contributed by atoms with Crippen molar-refractivity contribution in [2.45, 2.75) is 58.8 Å². The monoisotopic (exact) mass is 297 g/mol. The van der Waals surface area contributed by atoms with E-state index < -0.39 is 5.79 Å². The standard InChI is InChI=1S/C16H27NO4/c1-5-6-7-20-16-11(4)17-14(21-16)12-8-18-15(10(2)3)19-9-13(12)16/h10,12-15H,5-9H2,1-4H3. The molecule has 5 nitrogen and oxygen atoms in total. The van der Waals surface area contributed by atoms with E-state index in [1.807, 2.05) is 6.92 Å². The van der Waals surface area contributed by atoms with Crippen LogP contribution in [0.2, 0.25) is 0 Å². The zero-order valence-electron chi connectivity index (χ0n) is 13.5. The zero-order chi connectivity index (χ0) is 15.0. The topological polar surface area (TPSA) is 49.3 Å². The number of fused-ring (bicyclic) bond motifs is 5. The van der Waals surface area contributed by atoms with Crippen LogP contribution >= 0.6 is 0 Å². The van der Waals surface area contributed by atoms with Gasteiger partial charge in [-0.1, -0.05) is 27.2 Å². The maximum absolute atomic E-state index is 6.17. The molecule has 0 aromatic heterocycles. The van der Waals surface area contributed by atoms with Crippen molar-refractivity contribution < 1.29 is 18.9 Å². The first kappa shape index (κ1) is 15.4. The number of hydrogen-bond donors (Lipinski definition) is 0. The average Bonchev–Trinajstić information content (AvgIpc) is 2.80. The van der Waals surface area contributed by atoms with Gasteiger partial charge in [0.2, 0.25) is 5.79 Å². The van der Waals surface area contributed by atoms with Gasteiger partial charge in [0.25, 0.3) is 0 Å². The molecule has 2 saturated heterocycles. The minimum absolute atomic E-state index is 0.133. The third kappa shape index (κ3) is 2.54. The highest BCUT2D eigenvalue weighted by Crippen LogP contribution is 2.49. The molecule has 0 spiro atoms. The van der Waals surface area contributed by atoms with Crippen LogP contribution in [0.5, 0.6) is 0 Å². The van der Waals surface area contributed by atoms with E-state index in [0.29, 0.717) is 25.7 Å². The van der Waals surface area contributed by atoms with Gasteiger partial charge < -0.3 is 18.9 Å². The van der Waals surface area contributed by atoms with Gasteiger partial charge >= 0.3 is 0 Å². The Balaban J connectivity index is 1.76. The minimum Gasteiger partial charge on any atom is -0.352 e. The predicted molar refractivity (Wildman–Crippen MR) is 79.1 cm³/mol. The van der Waals surface area contributed by atoms with Crippen LogP contribution in [0.25, 0.3) is 0 Å². The normalized spacial score (nSPS) is 42.0. The highest BCUT2D eigenvalue weighted by molar-refractivity contribution is 5.91. The van der Waals surface area contributed by atoms with Crippen LogP contribution in [-0.2, 0) is 18.9 Å². The predicted octanol–water partition coefficient (Wildman–Crippen LogP) is 2.59. The van der Waals surface area contributed by atoms with Gasteiger partial charge in [0, 0.05) is 11.8 Å². The lowest BCUT2D eigenvalue weighted by Gasteiger charge is -2.34. The molecule has 120 valence electrons. The average molecular weight is 297 g/mol. The number of aliphatic imine (C=N–C) groups is 1. The Morgan fingerprint density at radius 3 is 2.81 bits per heavy atom. The van der Waals surface area contributed by atoms with Crippen LogP contribution in [-0.4, -0.2) is 43.8 Å². The summed E-state index contributed by atoms with van der Waals surface area (Å²) >= 11 is 0. The van der Waals surface area contributed by atoms with Crippen molar-refractivity contribution in [3.63, 3.8) is 0 Å². The number of nitrogens with zero attached hydrogens (tertiary/aromatic N) is 1. The molecule has 5 atom stereocenters. The highest BCUT2D eigenvalue weighted by Gasteiger charge is 2.62. The van der Waals surface area contributed by atoms with Crippen molar-refractivity contribution in [1.29, 1.82) is 0 Å². The second kappa shape index (κ2) is 5.95. The van der Waals surface area contributed by atoms with E-state index in [1.165, 1.54) is 0 Å². The Morgan fingerprint density at radius 1 is 1.33 bits per heavy atom. The summed E-state index contributed by atoms with van der Waals surface area (Å²) in [6.45, 7) is 10.4. The van der Waals surface area contributed by atoms with Gasteiger partial charge in [-0.05, 0) is 13.3 Å². The van der Waals surface area contributed by atoms with Crippen molar-refractivity contribution >= 4 is 5.71 Å². The minimum atomic E-state index is -0.681. The highest BCUT2D eigenvalue weighted by atomic mass is 16.7. The summed E-state index contributed by atoms with van der Waals surface area (Å²) in [5, 5.41) is 0. The molecular formula is C16H27NO4. The summed E-state index contributed by atoms with van der Waals surface area (Å²) in [4.78, 5) is 4.64. The van der Waals surface area contributed by atoms with Gasteiger partial charge in [-0.3, -0.25) is 4.99 Å². The van der Waals surface area contributed by atoms with E-state index >= 15 is 0 Å². The molecule has 0 N–H and O–H groups in total. The fourth-order valence-corrected chi connectivity index (χ4v) is 3.47. The summed E-state index contributed by atoms with van der Waals surface area (Å²) < 4.78 is 24.2. The van der Waals surface area contributed by atoms with Crippen molar-refractivity contribution in [2.24, 2.45) is 22.7 Å². The number of ether oxygens (including phenoxy) is 4. The molecule has 2 bridgehead atoms. The fraction of sp³-hybridized carbons (Fsp3) is 0.938. The SMILES string of the molecule is CCCCOC12OC(N=C1C)C1COC(C(C)C)OCC12. The lowest BCUT2D eigenvalue weighted by atomic mass is 9.83. The Labute approximate surface area is 127 Å². The van der Waals surface area contributed by atoms with Crippen LogP contribution in [0.4, 0.5) is 0 Å². The number of rotatable bonds is 5. The van der Waals surface area contributed by atoms with Gasteiger partial charge in [0.1, 0.15) is 0 Å². The van der Waals surface area contributed by atoms with Gasteiger partial charge in [-0.25, -0.2) is 0 Å². The van der Waals surface area contributed by atoms with Crippen LogP contribution in [0.15, 0.2) is 4.99 Å². The summed E-state index contributed by atoms with van der Waals surface area (Å²) in [6, 6.07) is 0. The second-order valence-electron chi connectivity index (χ2n) is 6.64. The van der Waals surface area contributed by atoms with Gasteiger partial charge in [-0.15, -0.1) is 0 Å². The Morgan fingerprint density at radius 2 is 2.10 bits per heavy atom. The molecule has 0 aromatic carbocycles. The first-order valence-electron chi connectivity index (χ1n) is 8.18.